The number of rotatable bonds is 5. The predicted molar refractivity (Wildman–Crippen MR) is 166 cm³/mol. The summed E-state index contributed by atoms with van der Waals surface area (Å²) in [5.74, 6) is 2.77. The molecule has 0 bridgehead atoms. The minimum atomic E-state index is -0.134. The van der Waals surface area contributed by atoms with Gasteiger partial charge in [0.1, 0.15) is 6.10 Å². The van der Waals surface area contributed by atoms with E-state index in [1.807, 2.05) is 32.0 Å². The van der Waals surface area contributed by atoms with Gasteiger partial charge in [0.15, 0.2) is 0 Å². The quantitative estimate of drug-likeness (QED) is 0.374. The van der Waals surface area contributed by atoms with Crippen molar-refractivity contribution >= 4 is 11.9 Å². The summed E-state index contributed by atoms with van der Waals surface area (Å²) in [4.78, 5) is 28.7. The zero-order valence-corrected chi connectivity index (χ0v) is 26.9. The van der Waals surface area contributed by atoms with Crippen LogP contribution in [0.15, 0.2) is 24.4 Å². The fraction of sp³-hybridized carbons (Fsp3) is 0.806. The largest absolute Gasteiger partial charge is 0.461 e. The van der Waals surface area contributed by atoms with Crippen molar-refractivity contribution in [3.05, 3.63) is 30.1 Å². The van der Waals surface area contributed by atoms with Gasteiger partial charge in [-0.15, -0.1) is 0 Å². The summed E-state index contributed by atoms with van der Waals surface area (Å²) in [5.41, 5.74) is 2.10. The second kappa shape index (κ2) is 10.9. The molecule has 1 aromatic rings. The molecule has 1 aliphatic heterocycles. The van der Waals surface area contributed by atoms with Crippen molar-refractivity contribution in [2.45, 2.75) is 130 Å². The molecular weight excluding hydrogens is 524 g/mol. The van der Waals surface area contributed by atoms with Crippen LogP contribution in [-0.2, 0) is 25.5 Å². The Kier molecular flexibility index (Phi) is 7.80. The van der Waals surface area contributed by atoms with Gasteiger partial charge in [-0.25, -0.2) is 0 Å². The number of esters is 1. The third kappa shape index (κ3) is 4.56. The minimum absolute atomic E-state index is 0. The third-order valence-electron chi connectivity index (χ3n) is 13.5. The van der Waals surface area contributed by atoms with Crippen molar-refractivity contribution in [1.29, 1.82) is 0 Å². The number of ether oxygens (including phenoxy) is 2. The molecule has 1 saturated heterocycles. The monoisotopic (exact) mass is 580 g/mol. The maximum atomic E-state index is 12.9. The van der Waals surface area contributed by atoms with E-state index in [-0.39, 0.29) is 37.3 Å². The Morgan fingerprint density at radius 3 is 2.52 bits per heavy atom. The first-order chi connectivity index (χ1) is 20.1. The van der Waals surface area contributed by atoms with E-state index in [9.17, 15) is 9.59 Å². The van der Waals surface area contributed by atoms with E-state index in [2.05, 4.69) is 31.1 Å². The molecule has 6 nitrogen and oxygen atoms in total. The van der Waals surface area contributed by atoms with Crippen LogP contribution in [0.1, 0.15) is 113 Å². The normalized spacial score (nSPS) is 44.0. The highest BCUT2D eigenvalue weighted by Gasteiger charge is 2.80. The summed E-state index contributed by atoms with van der Waals surface area (Å²) in [6.07, 6.45) is 14.9. The number of pyridine rings is 1. The summed E-state index contributed by atoms with van der Waals surface area (Å²) in [7, 11) is 0. The molecule has 1 aromatic heterocycles. The van der Waals surface area contributed by atoms with Crippen LogP contribution in [-0.4, -0.2) is 41.7 Å². The Bertz CT molecular complexity index is 1180. The number of hydrogen-bond donors (Lipinski definition) is 1. The number of carbonyl (C=O) groups is 2. The Hall–Kier alpha value is -1.95. The van der Waals surface area contributed by atoms with Gasteiger partial charge in [-0.3, -0.25) is 14.6 Å². The molecular formula is C36H56N2O4. The van der Waals surface area contributed by atoms with Gasteiger partial charge in [0, 0.05) is 26.5 Å². The molecule has 7 rings (SSSR count). The maximum Gasteiger partial charge on any atom is 0.312 e. The smallest absolute Gasteiger partial charge is 0.312 e. The molecule has 42 heavy (non-hydrogen) atoms. The molecule has 6 aliphatic rings. The summed E-state index contributed by atoms with van der Waals surface area (Å²) in [6, 6.07) is 5.72. The molecule has 0 radical (unpaired) electrons. The van der Waals surface area contributed by atoms with E-state index < -0.39 is 0 Å². The van der Waals surface area contributed by atoms with Crippen LogP contribution < -0.4 is 5.32 Å². The van der Waals surface area contributed by atoms with E-state index >= 15 is 0 Å². The molecule has 234 valence electrons. The topological polar surface area (TPSA) is 77.5 Å². The Morgan fingerprint density at radius 1 is 1.00 bits per heavy atom. The average Bonchev–Trinajstić information content (AvgIpc) is 3.55. The van der Waals surface area contributed by atoms with E-state index in [0.29, 0.717) is 40.7 Å². The molecule has 2 heterocycles. The lowest BCUT2D eigenvalue weighted by Crippen LogP contribution is -2.55. The van der Waals surface area contributed by atoms with Gasteiger partial charge in [0.2, 0.25) is 5.91 Å². The minimum Gasteiger partial charge on any atom is -0.461 e. The van der Waals surface area contributed by atoms with E-state index in [4.69, 9.17) is 9.47 Å². The first-order valence-corrected chi connectivity index (χ1v) is 17.1. The van der Waals surface area contributed by atoms with Gasteiger partial charge in [-0.1, -0.05) is 40.7 Å². The fourth-order valence-electron chi connectivity index (χ4n) is 11.8. The molecule has 5 saturated carbocycles. The number of nitrogens with zero attached hydrogens (tertiary/aromatic N) is 1. The van der Waals surface area contributed by atoms with Crippen LogP contribution in [0.5, 0.6) is 0 Å². The lowest BCUT2D eigenvalue weighted by molar-refractivity contribution is -0.175. The predicted octanol–water partition coefficient (Wildman–Crippen LogP) is 7.15. The molecule has 6 fully saturated rings. The summed E-state index contributed by atoms with van der Waals surface area (Å²) in [5, 5.41) is 2.99. The number of fused-ring (bicyclic) bond motifs is 4. The molecule has 1 amide bonds. The van der Waals surface area contributed by atoms with Gasteiger partial charge >= 0.3 is 5.97 Å². The van der Waals surface area contributed by atoms with Crippen LogP contribution in [0.4, 0.5) is 0 Å². The van der Waals surface area contributed by atoms with Crippen LogP contribution >= 0.6 is 0 Å². The van der Waals surface area contributed by atoms with Gasteiger partial charge in [0.05, 0.1) is 24.3 Å². The van der Waals surface area contributed by atoms with Gasteiger partial charge in [-0.2, -0.15) is 0 Å². The summed E-state index contributed by atoms with van der Waals surface area (Å²) >= 11 is 0. The molecule has 0 aromatic carbocycles. The lowest BCUT2D eigenvalue weighted by Gasteiger charge is -2.59. The molecule has 6 heteroatoms. The van der Waals surface area contributed by atoms with Crippen molar-refractivity contribution in [3.8, 4) is 0 Å². The van der Waals surface area contributed by atoms with Crippen molar-refractivity contribution in [3.63, 3.8) is 0 Å². The number of hydrogen-bond acceptors (Lipinski definition) is 5. The molecule has 2 spiro atoms. The highest BCUT2D eigenvalue weighted by Crippen LogP contribution is 2.87. The van der Waals surface area contributed by atoms with Crippen LogP contribution in [0.2, 0.25) is 0 Å². The lowest BCUT2D eigenvalue weighted by atomic mass is 9.46. The zero-order chi connectivity index (χ0) is 29.9. The first kappa shape index (κ1) is 30.1. The standard InChI is InChI=1S/C34H48N2O4.C2H6.H2/c1-21(37)36-19-23-8-9-25-27(39-23)18-26-24-10-11-28-31(2,3)29(40-30(38)17-22-7-5-6-16-35-22)12-13-34(28)20-33(24,34)15-14-32(25,26)4;1-2;/h5-7,16,23-29H,8-15,17-20H2,1-4H3,(H,36,37);1-2H3;1H/t23?,24?,25?,26?,27?,28?,29-,32?,33-,34?;;/m0../s1. The van der Waals surface area contributed by atoms with E-state index in [1.165, 1.54) is 51.4 Å². The summed E-state index contributed by atoms with van der Waals surface area (Å²) in [6.45, 7) is 13.6. The Labute approximate surface area is 255 Å². The highest BCUT2D eigenvalue weighted by molar-refractivity contribution is 5.73. The average molecular weight is 581 g/mol. The fourth-order valence-corrected chi connectivity index (χ4v) is 11.8. The maximum absolute atomic E-state index is 12.9. The van der Waals surface area contributed by atoms with Crippen LogP contribution in [0.25, 0.3) is 0 Å². The third-order valence-corrected chi connectivity index (χ3v) is 13.5. The van der Waals surface area contributed by atoms with Crippen molar-refractivity contribution < 1.29 is 20.5 Å². The van der Waals surface area contributed by atoms with E-state index in [0.717, 1.165) is 30.4 Å². The SMILES string of the molecule is CC.CC(=O)NCC1CCC2C(CC3C4CCC5C(C)(C)[C@@H](OC(=O)Cc6ccccn6)CCC56C[C@@]46CCC23C)O1.[HH]. The Morgan fingerprint density at radius 2 is 1.79 bits per heavy atom. The molecule has 8 unspecified atom stereocenters. The Balaban J connectivity index is 0.00000120. The van der Waals surface area contributed by atoms with Gasteiger partial charge in [0.25, 0.3) is 0 Å². The highest BCUT2D eigenvalue weighted by atomic mass is 16.5. The number of carbonyl (C=O) groups excluding carboxylic acids is 2. The number of nitrogens with one attached hydrogen (secondary N) is 1. The van der Waals surface area contributed by atoms with Gasteiger partial charge < -0.3 is 14.8 Å². The van der Waals surface area contributed by atoms with E-state index in [1.54, 1.807) is 13.1 Å². The molecule has 5 aliphatic carbocycles. The van der Waals surface area contributed by atoms with Crippen LogP contribution in [0.3, 0.4) is 0 Å². The second-order valence-corrected chi connectivity index (χ2v) is 15.3. The zero-order valence-electron chi connectivity index (χ0n) is 26.9. The number of aromatic nitrogens is 1. The van der Waals surface area contributed by atoms with Crippen molar-refractivity contribution in [2.24, 2.45) is 45.3 Å². The summed E-state index contributed by atoms with van der Waals surface area (Å²) < 4.78 is 12.9. The number of amides is 1. The van der Waals surface area contributed by atoms with Crippen molar-refractivity contribution in [1.82, 2.24) is 10.3 Å². The molecule has 1 N–H and O–H groups in total. The van der Waals surface area contributed by atoms with Crippen molar-refractivity contribution in [2.75, 3.05) is 6.54 Å². The van der Waals surface area contributed by atoms with Gasteiger partial charge in [-0.05, 0) is 116 Å². The molecule has 10 atom stereocenters. The first-order valence-electron chi connectivity index (χ1n) is 17.1. The van der Waals surface area contributed by atoms with Crippen LogP contribution in [0, 0.1) is 45.3 Å². The second-order valence-electron chi connectivity index (χ2n) is 15.3.